The normalized spacial score (nSPS) is 16.9. The lowest BCUT2D eigenvalue weighted by Crippen LogP contribution is -2.41. The van der Waals surface area contributed by atoms with E-state index in [9.17, 15) is 23.6 Å². The van der Waals surface area contributed by atoms with Gasteiger partial charge in [-0.2, -0.15) is 5.26 Å². The Bertz CT molecular complexity index is 1630. The Hall–Kier alpha value is -4.46. The molecule has 2 N–H and O–H groups in total. The van der Waals surface area contributed by atoms with E-state index in [2.05, 4.69) is 10.6 Å². The van der Waals surface area contributed by atoms with E-state index in [1.165, 1.54) is 21.6 Å². The van der Waals surface area contributed by atoms with E-state index in [1.807, 2.05) is 13.8 Å². The second-order valence-electron chi connectivity index (χ2n) is 10.5. The number of hydrogen-bond donors (Lipinski definition) is 2. The van der Waals surface area contributed by atoms with Gasteiger partial charge < -0.3 is 15.5 Å². The third kappa shape index (κ3) is 5.27. The summed E-state index contributed by atoms with van der Waals surface area (Å²) in [6.07, 6.45) is 2.43. The van der Waals surface area contributed by atoms with Crippen molar-refractivity contribution in [2.24, 2.45) is 11.8 Å². The Morgan fingerprint density at radius 1 is 1.08 bits per heavy atom. The number of benzene rings is 2. The molecule has 202 valence electrons. The summed E-state index contributed by atoms with van der Waals surface area (Å²) in [4.78, 5) is 53.5. The lowest BCUT2D eigenvalue weighted by Gasteiger charge is -2.19. The van der Waals surface area contributed by atoms with E-state index in [4.69, 9.17) is 5.26 Å². The first-order valence-corrected chi connectivity index (χ1v) is 13.0. The number of carbonyl (C=O) groups is 2. The molecule has 5 rings (SSSR count). The third-order valence-electron chi connectivity index (χ3n) is 7.28. The number of urea groups is 1. The number of fused-ring (bicyclic) bond motifs is 1. The molecule has 1 atom stereocenters. The van der Waals surface area contributed by atoms with Crippen LogP contribution in [0.25, 0.3) is 10.9 Å². The number of nitriles is 1. The number of likely N-dealkylation sites (tertiary alicyclic amines) is 1. The molecule has 2 heterocycles. The van der Waals surface area contributed by atoms with Gasteiger partial charge in [-0.3, -0.25) is 18.7 Å². The monoisotopic (exact) mass is 532 g/mol. The molecule has 1 saturated heterocycles. The van der Waals surface area contributed by atoms with Crippen molar-refractivity contribution in [3.05, 3.63) is 68.6 Å². The van der Waals surface area contributed by atoms with Crippen molar-refractivity contribution < 1.29 is 14.0 Å². The molecule has 1 aliphatic carbocycles. The van der Waals surface area contributed by atoms with E-state index in [0.717, 1.165) is 18.9 Å². The van der Waals surface area contributed by atoms with Gasteiger partial charge in [0.15, 0.2) is 0 Å². The summed E-state index contributed by atoms with van der Waals surface area (Å²) in [6.45, 7) is 4.69. The number of halogens is 1. The second-order valence-corrected chi connectivity index (χ2v) is 10.5. The van der Waals surface area contributed by atoms with E-state index in [-0.39, 0.29) is 41.0 Å². The van der Waals surface area contributed by atoms with Gasteiger partial charge in [-0.15, -0.1) is 0 Å². The average molecular weight is 533 g/mol. The van der Waals surface area contributed by atoms with Crippen LogP contribution in [-0.4, -0.2) is 39.1 Å². The fraction of sp³-hybridized carbons (Fsp3) is 0.393. The Morgan fingerprint density at radius 2 is 1.79 bits per heavy atom. The minimum Gasteiger partial charge on any atom is -0.326 e. The van der Waals surface area contributed by atoms with Gasteiger partial charge in [0.25, 0.3) is 5.56 Å². The SMILES string of the molecule is CC(C)n1c(=O)n(CC2CC2)c(=O)c2cc(NC(=O)N3CCC(C(=O)Nc4ccc(C#N)c(F)c4)C3)ccc21. The van der Waals surface area contributed by atoms with Gasteiger partial charge >= 0.3 is 11.7 Å². The number of nitrogens with one attached hydrogen (secondary N) is 2. The van der Waals surface area contributed by atoms with E-state index in [1.54, 1.807) is 28.8 Å². The zero-order valence-corrected chi connectivity index (χ0v) is 21.7. The van der Waals surface area contributed by atoms with Crippen LogP contribution in [0, 0.1) is 29.0 Å². The lowest BCUT2D eigenvalue weighted by molar-refractivity contribution is -0.119. The van der Waals surface area contributed by atoms with E-state index >= 15 is 0 Å². The Balaban J connectivity index is 1.30. The summed E-state index contributed by atoms with van der Waals surface area (Å²) >= 11 is 0. The van der Waals surface area contributed by atoms with Crippen molar-refractivity contribution in [3.63, 3.8) is 0 Å². The topological polar surface area (TPSA) is 129 Å². The van der Waals surface area contributed by atoms with Crippen molar-refractivity contribution >= 4 is 34.2 Å². The lowest BCUT2D eigenvalue weighted by atomic mass is 10.1. The maximum Gasteiger partial charge on any atom is 0.331 e. The van der Waals surface area contributed by atoms with Crippen LogP contribution in [0.15, 0.2) is 46.0 Å². The van der Waals surface area contributed by atoms with E-state index in [0.29, 0.717) is 42.0 Å². The number of hydrogen-bond acceptors (Lipinski definition) is 5. The molecule has 1 aliphatic heterocycles. The van der Waals surface area contributed by atoms with Crippen LogP contribution in [0.4, 0.5) is 20.6 Å². The van der Waals surface area contributed by atoms with Gasteiger partial charge in [0.1, 0.15) is 11.9 Å². The fourth-order valence-electron chi connectivity index (χ4n) is 4.97. The molecular weight excluding hydrogens is 503 g/mol. The molecule has 39 heavy (non-hydrogen) atoms. The van der Waals surface area contributed by atoms with Crippen molar-refractivity contribution in [1.29, 1.82) is 5.26 Å². The number of rotatable bonds is 6. The maximum atomic E-state index is 13.9. The number of amides is 3. The molecule has 10 nitrogen and oxygen atoms in total. The highest BCUT2D eigenvalue weighted by Crippen LogP contribution is 2.30. The fourth-order valence-corrected chi connectivity index (χ4v) is 4.97. The van der Waals surface area contributed by atoms with Crippen LogP contribution >= 0.6 is 0 Å². The molecule has 11 heteroatoms. The molecule has 2 aromatic carbocycles. The third-order valence-corrected chi connectivity index (χ3v) is 7.28. The smallest absolute Gasteiger partial charge is 0.326 e. The first-order valence-electron chi connectivity index (χ1n) is 13.0. The zero-order valence-electron chi connectivity index (χ0n) is 21.7. The van der Waals surface area contributed by atoms with Gasteiger partial charge in [-0.05, 0) is 75.4 Å². The summed E-state index contributed by atoms with van der Waals surface area (Å²) in [6, 6.07) is 9.93. The summed E-state index contributed by atoms with van der Waals surface area (Å²) in [7, 11) is 0. The standard InChI is InChI=1S/C28H29FN6O4/c1-16(2)35-24-8-7-20(11-22(24)26(37)34(28(35)39)14-17-3-4-17)32-27(38)33-10-9-19(15-33)25(36)31-21-6-5-18(13-30)23(29)12-21/h5-8,11-12,16-17,19H,3-4,9-10,14-15H2,1-2H3,(H,31,36)(H,32,38). The number of anilines is 2. The van der Waals surface area contributed by atoms with Crippen LogP contribution in [0.3, 0.4) is 0 Å². The predicted octanol–water partition coefficient (Wildman–Crippen LogP) is 3.66. The van der Waals surface area contributed by atoms with E-state index < -0.39 is 17.8 Å². The second kappa shape index (κ2) is 10.4. The largest absolute Gasteiger partial charge is 0.331 e. The molecule has 0 spiro atoms. The average Bonchev–Trinajstić information content (AvgIpc) is 3.58. The van der Waals surface area contributed by atoms with Gasteiger partial charge in [-0.1, -0.05) is 0 Å². The molecule has 1 aromatic heterocycles. The van der Waals surface area contributed by atoms with Crippen LogP contribution in [0.2, 0.25) is 0 Å². The first-order chi connectivity index (χ1) is 18.7. The summed E-state index contributed by atoms with van der Waals surface area (Å²) in [5.41, 5.74) is 0.366. The zero-order chi connectivity index (χ0) is 27.8. The van der Waals surface area contributed by atoms with Gasteiger partial charge in [0.05, 0.1) is 22.4 Å². The highest BCUT2D eigenvalue weighted by Gasteiger charge is 2.31. The molecule has 1 unspecified atom stereocenters. The number of aromatic nitrogens is 2. The summed E-state index contributed by atoms with van der Waals surface area (Å²) in [5, 5.41) is 14.7. The van der Waals surface area contributed by atoms with Gasteiger partial charge in [0.2, 0.25) is 5.91 Å². The molecule has 0 bridgehead atoms. The molecule has 3 aromatic rings. The van der Waals surface area contributed by atoms with Crippen molar-refractivity contribution in [3.8, 4) is 6.07 Å². The molecular formula is C28H29FN6O4. The first kappa shape index (κ1) is 26.2. The number of carbonyl (C=O) groups excluding carboxylic acids is 2. The Kier molecular flexibility index (Phi) is 6.95. The molecule has 2 aliphatic rings. The van der Waals surface area contributed by atoms with Crippen LogP contribution in [-0.2, 0) is 11.3 Å². The highest BCUT2D eigenvalue weighted by molar-refractivity contribution is 5.95. The number of nitrogens with zero attached hydrogens (tertiary/aromatic N) is 4. The Labute approximate surface area is 223 Å². The van der Waals surface area contributed by atoms with Crippen molar-refractivity contribution in [2.75, 3.05) is 23.7 Å². The Morgan fingerprint density at radius 3 is 2.46 bits per heavy atom. The van der Waals surface area contributed by atoms with Crippen molar-refractivity contribution in [2.45, 2.75) is 45.7 Å². The minimum absolute atomic E-state index is 0.111. The minimum atomic E-state index is -0.720. The quantitative estimate of drug-likeness (QED) is 0.501. The maximum absolute atomic E-state index is 13.9. The predicted molar refractivity (Wildman–Crippen MR) is 144 cm³/mol. The van der Waals surface area contributed by atoms with Gasteiger partial charge in [-0.25, -0.2) is 14.0 Å². The highest BCUT2D eigenvalue weighted by atomic mass is 19.1. The van der Waals surface area contributed by atoms with Crippen molar-refractivity contribution in [1.82, 2.24) is 14.0 Å². The summed E-state index contributed by atoms with van der Waals surface area (Å²) in [5.74, 6) is -1.21. The van der Waals surface area contributed by atoms with Crippen LogP contribution < -0.4 is 21.9 Å². The van der Waals surface area contributed by atoms with Crippen LogP contribution in [0.5, 0.6) is 0 Å². The molecule has 3 amide bonds. The molecule has 2 fully saturated rings. The van der Waals surface area contributed by atoms with Gasteiger partial charge in [0, 0.05) is 37.1 Å². The summed E-state index contributed by atoms with van der Waals surface area (Å²) < 4.78 is 16.8. The van der Waals surface area contributed by atoms with Crippen LogP contribution in [0.1, 0.15) is 44.7 Å². The molecule has 1 saturated carbocycles. The molecule has 0 radical (unpaired) electrons.